The van der Waals surface area contributed by atoms with Gasteiger partial charge in [0.25, 0.3) is 5.91 Å². The molecule has 9 heteroatoms. The van der Waals surface area contributed by atoms with Crippen LogP contribution in [-0.2, 0) is 24.4 Å². The summed E-state index contributed by atoms with van der Waals surface area (Å²) in [7, 11) is 0. The molecule has 0 radical (unpaired) electrons. The molecule has 1 saturated heterocycles. The Morgan fingerprint density at radius 3 is 2.42 bits per heavy atom. The lowest BCUT2D eigenvalue weighted by Gasteiger charge is -2.34. The fraction of sp³-hybridized carbons (Fsp3) is 0.370. The number of aromatic nitrogens is 2. The molecule has 8 nitrogen and oxygen atoms in total. The fourth-order valence-electron chi connectivity index (χ4n) is 4.88. The van der Waals surface area contributed by atoms with Crippen LogP contribution in [0.15, 0.2) is 54.6 Å². The topological polar surface area (TPSA) is 73.7 Å². The van der Waals surface area contributed by atoms with Crippen molar-refractivity contribution in [1.29, 1.82) is 0 Å². The van der Waals surface area contributed by atoms with Crippen molar-refractivity contribution in [3.8, 4) is 0 Å². The molecule has 1 N–H and O–H groups in total. The summed E-state index contributed by atoms with van der Waals surface area (Å²) < 4.78 is 2.06. The fourth-order valence-corrected chi connectivity index (χ4v) is 5.10. The van der Waals surface area contributed by atoms with E-state index in [0.717, 1.165) is 30.0 Å². The second kappa shape index (κ2) is 10.7. The number of hydrogen-bond donors (Lipinski definition) is 1. The first-order valence-electron chi connectivity index (χ1n) is 12.4. The average Bonchev–Trinajstić information content (AvgIpc) is 3.12. The van der Waals surface area contributed by atoms with E-state index < -0.39 is 0 Å². The van der Waals surface area contributed by atoms with Crippen molar-refractivity contribution in [3.05, 3.63) is 82.3 Å². The lowest BCUT2D eigenvalue weighted by atomic mass is 10.2. The van der Waals surface area contributed by atoms with Crippen LogP contribution >= 0.6 is 11.6 Å². The third-order valence-electron chi connectivity index (χ3n) is 6.84. The number of fused-ring (bicyclic) bond motifs is 1. The van der Waals surface area contributed by atoms with Crippen molar-refractivity contribution in [3.63, 3.8) is 0 Å². The Balaban J connectivity index is 1.44. The highest BCUT2D eigenvalue weighted by molar-refractivity contribution is 6.30. The van der Waals surface area contributed by atoms with Crippen molar-refractivity contribution in [1.82, 2.24) is 24.3 Å². The molecule has 1 aromatic heterocycles. The molecule has 0 unspecified atom stereocenters. The average molecular weight is 507 g/mol. The Morgan fingerprint density at radius 1 is 0.944 bits per heavy atom. The van der Waals surface area contributed by atoms with Gasteiger partial charge in [-0.15, -0.1) is 0 Å². The van der Waals surface area contributed by atoms with Crippen molar-refractivity contribution < 1.29 is 9.59 Å². The summed E-state index contributed by atoms with van der Waals surface area (Å²) in [6, 6.07) is 17.8. The van der Waals surface area contributed by atoms with E-state index in [2.05, 4.69) is 26.9 Å². The molecular formula is C27H31ClN6O2. The monoisotopic (exact) mass is 506 g/mol. The van der Waals surface area contributed by atoms with Gasteiger partial charge in [-0.1, -0.05) is 54.1 Å². The van der Waals surface area contributed by atoms with Crippen LogP contribution in [0.1, 0.15) is 34.4 Å². The van der Waals surface area contributed by atoms with E-state index in [4.69, 9.17) is 16.6 Å². The molecule has 5 rings (SSSR count). The molecule has 0 aliphatic carbocycles. The van der Waals surface area contributed by atoms with Crippen LogP contribution in [0.5, 0.6) is 0 Å². The molecule has 1 fully saturated rings. The van der Waals surface area contributed by atoms with Gasteiger partial charge in [0.1, 0.15) is 5.82 Å². The molecule has 3 aromatic rings. The van der Waals surface area contributed by atoms with E-state index in [1.807, 2.05) is 52.3 Å². The van der Waals surface area contributed by atoms with Crippen LogP contribution in [0.4, 0.5) is 5.82 Å². The van der Waals surface area contributed by atoms with Crippen LogP contribution < -0.4 is 5.32 Å². The van der Waals surface area contributed by atoms with E-state index in [1.165, 1.54) is 0 Å². The van der Waals surface area contributed by atoms with E-state index >= 15 is 0 Å². The van der Waals surface area contributed by atoms with Gasteiger partial charge in [-0.25, -0.2) is 4.98 Å². The maximum atomic E-state index is 13.9. The predicted molar refractivity (Wildman–Crippen MR) is 140 cm³/mol. The molecular weight excluding hydrogens is 476 g/mol. The molecule has 0 bridgehead atoms. The molecule has 0 spiro atoms. The number of carbonyl (C=O) groups excluding carboxylic acids is 2. The number of anilines is 1. The second-order valence-electron chi connectivity index (χ2n) is 9.36. The van der Waals surface area contributed by atoms with Crippen molar-refractivity contribution in [2.75, 3.05) is 44.6 Å². The van der Waals surface area contributed by atoms with Gasteiger partial charge in [0.05, 0.1) is 6.54 Å². The Hall–Kier alpha value is -3.36. The number of rotatable bonds is 6. The number of benzene rings is 2. The first-order valence-corrected chi connectivity index (χ1v) is 12.7. The van der Waals surface area contributed by atoms with Gasteiger partial charge in [-0.3, -0.25) is 14.5 Å². The van der Waals surface area contributed by atoms with Gasteiger partial charge in [-0.2, -0.15) is 0 Å². The molecule has 0 saturated carbocycles. The third kappa shape index (κ3) is 5.39. The minimum Gasteiger partial charge on any atom is -0.366 e. The molecule has 2 aliphatic heterocycles. The zero-order valence-electron chi connectivity index (χ0n) is 20.5. The molecule has 0 atom stereocenters. The van der Waals surface area contributed by atoms with Gasteiger partial charge in [0.2, 0.25) is 5.91 Å². The van der Waals surface area contributed by atoms with Gasteiger partial charge >= 0.3 is 0 Å². The summed E-state index contributed by atoms with van der Waals surface area (Å²) in [4.78, 5) is 36.6. The summed E-state index contributed by atoms with van der Waals surface area (Å²) in [5, 5.41) is 4.06. The number of nitrogens with zero attached hydrogens (tertiary/aromatic N) is 5. The van der Waals surface area contributed by atoms with Crippen molar-refractivity contribution in [2.24, 2.45) is 0 Å². The highest BCUT2D eigenvalue weighted by atomic mass is 35.5. The highest BCUT2D eigenvalue weighted by Crippen LogP contribution is 2.26. The maximum Gasteiger partial charge on any atom is 0.274 e. The highest BCUT2D eigenvalue weighted by Gasteiger charge is 2.31. The SMILES string of the molecule is CC(=O)N1CCN(Cc2nc3c(n2Cc2ccccc2)C(=O)N(Cc2cccc(Cl)c2)CCN3)CC1. The second-order valence-corrected chi connectivity index (χ2v) is 9.80. The Kier molecular flexibility index (Phi) is 7.25. The summed E-state index contributed by atoms with van der Waals surface area (Å²) in [5.74, 6) is 1.57. The van der Waals surface area contributed by atoms with Gasteiger partial charge < -0.3 is 19.7 Å². The number of halogens is 1. The number of nitrogens with one attached hydrogen (secondary N) is 1. The lowest BCUT2D eigenvalue weighted by molar-refractivity contribution is -0.130. The van der Waals surface area contributed by atoms with Crippen LogP contribution in [0.2, 0.25) is 5.02 Å². The Morgan fingerprint density at radius 2 is 1.69 bits per heavy atom. The zero-order valence-corrected chi connectivity index (χ0v) is 21.2. The normalized spacial score (nSPS) is 16.4. The molecule has 2 amide bonds. The van der Waals surface area contributed by atoms with E-state index in [9.17, 15) is 9.59 Å². The number of imidazole rings is 1. The van der Waals surface area contributed by atoms with Gasteiger partial charge in [0.15, 0.2) is 11.5 Å². The number of carbonyl (C=O) groups is 2. The van der Waals surface area contributed by atoms with E-state index in [-0.39, 0.29) is 11.8 Å². The Bertz CT molecular complexity index is 1240. The van der Waals surface area contributed by atoms with E-state index in [0.29, 0.717) is 62.3 Å². The summed E-state index contributed by atoms with van der Waals surface area (Å²) >= 11 is 6.19. The standard InChI is InChI=1S/C27H31ClN6O2/c1-20(35)32-14-12-31(13-15-32)19-24-30-26-25(34(24)18-21-6-3-2-4-7-21)27(36)33(11-10-29-26)17-22-8-5-9-23(28)16-22/h2-9,16,29H,10-15,17-19H2,1H3. The maximum absolute atomic E-state index is 13.9. The lowest BCUT2D eigenvalue weighted by Crippen LogP contribution is -2.47. The third-order valence-corrected chi connectivity index (χ3v) is 7.07. The first kappa shape index (κ1) is 24.3. The molecule has 3 heterocycles. The number of piperazine rings is 1. The van der Waals surface area contributed by atoms with Crippen molar-refractivity contribution in [2.45, 2.75) is 26.6 Å². The molecule has 188 valence electrons. The van der Waals surface area contributed by atoms with Crippen molar-refractivity contribution >= 4 is 29.2 Å². The first-order chi connectivity index (χ1) is 17.5. The molecule has 2 aromatic carbocycles. The molecule has 2 aliphatic rings. The van der Waals surface area contributed by atoms with Crippen LogP contribution in [0, 0.1) is 0 Å². The summed E-state index contributed by atoms with van der Waals surface area (Å²) in [6.07, 6.45) is 0. The largest absolute Gasteiger partial charge is 0.366 e. The summed E-state index contributed by atoms with van der Waals surface area (Å²) in [5.41, 5.74) is 2.70. The van der Waals surface area contributed by atoms with Gasteiger partial charge in [0, 0.05) is 64.3 Å². The zero-order chi connectivity index (χ0) is 25.1. The summed E-state index contributed by atoms with van der Waals surface area (Å²) in [6.45, 7) is 7.46. The van der Waals surface area contributed by atoms with Crippen LogP contribution in [-0.4, -0.2) is 75.3 Å². The number of amides is 2. The van der Waals surface area contributed by atoms with Crippen LogP contribution in [0.3, 0.4) is 0 Å². The smallest absolute Gasteiger partial charge is 0.274 e. The predicted octanol–water partition coefficient (Wildman–Crippen LogP) is 3.32. The number of hydrogen-bond acceptors (Lipinski definition) is 5. The van der Waals surface area contributed by atoms with E-state index in [1.54, 1.807) is 6.92 Å². The minimum absolute atomic E-state index is 0.0361. The van der Waals surface area contributed by atoms with Crippen LogP contribution in [0.25, 0.3) is 0 Å². The molecule has 36 heavy (non-hydrogen) atoms. The quantitative estimate of drug-likeness (QED) is 0.555. The van der Waals surface area contributed by atoms with Gasteiger partial charge in [-0.05, 0) is 23.3 Å². The minimum atomic E-state index is -0.0361. The Labute approximate surface area is 216 Å².